The van der Waals surface area contributed by atoms with Crippen molar-refractivity contribution in [2.24, 2.45) is 0 Å². The Balaban J connectivity index is 1.95. The Labute approximate surface area is 119 Å². The number of aromatic amines is 1. The molecule has 0 aliphatic heterocycles. The van der Waals surface area contributed by atoms with E-state index >= 15 is 0 Å². The van der Waals surface area contributed by atoms with Crippen LogP contribution in [-0.2, 0) is 0 Å². The second kappa shape index (κ2) is 5.01. The first-order valence-electron chi connectivity index (χ1n) is 5.94. The summed E-state index contributed by atoms with van der Waals surface area (Å²) < 4.78 is 6.93. The summed E-state index contributed by atoms with van der Waals surface area (Å²) in [6, 6.07) is 9.68. The highest BCUT2D eigenvalue weighted by atomic mass is 79.9. The molecule has 2 aromatic heterocycles. The van der Waals surface area contributed by atoms with Crippen LogP contribution in [0.25, 0.3) is 11.0 Å². The number of benzene rings is 1. The molecule has 1 atom stereocenters. The number of imidazole rings is 1. The minimum Gasteiger partial charge on any atom is -0.482 e. The van der Waals surface area contributed by atoms with E-state index in [-0.39, 0.29) is 6.10 Å². The number of rotatable bonds is 3. The van der Waals surface area contributed by atoms with Gasteiger partial charge >= 0.3 is 0 Å². The smallest absolute Gasteiger partial charge is 0.149 e. The van der Waals surface area contributed by atoms with Gasteiger partial charge in [0.1, 0.15) is 17.4 Å². The molecular formula is C14H12BrN3O. The van der Waals surface area contributed by atoms with Gasteiger partial charge in [-0.1, -0.05) is 22.0 Å². The summed E-state index contributed by atoms with van der Waals surface area (Å²) in [6.07, 6.45) is 3.30. The van der Waals surface area contributed by atoms with E-state index in [1.165, 1.54) is 0 Å². The van der Waals surface area contributed by atoms with E-state index in [4.69, 9.17) is 4.74 Å². The SMILES string of the molecule is CC(Oc1cc(Br)cc2[nH]cnc12)c1ccccn1. The zero-order chi connectivity index (χ0) is 13.2. The van der Waals surface area contributed by atoms with Crippen LogP contribution in [0, 0.1) is 0 Å². The molecule has 0 saturated heterocycles. The van der Waals surface area contributed by atoms with Crippen LogP contribution in [0.2, 0.25) is 0 Å². The molecule has 4 nitrogen and oxygen atoms in total. The number of nitrogens with one attached hydrogen (secondary N) is 1. The van der Waals surface area contributed by atoms with E-state index in [0.29, 0.717) is 0 Å². The van der Waals surface area contributed by atoms with E-state index in [1.54, 1.807) is 12.5 Å². The Hall–Kier alpha value is -1.88. The maximum absolute atomic E-state index is 5.98. The van der Waals surface area contributed by atoms with Crippen LogP contribution in [0.3, 0.4) is 0 Å². The number of nitrogens with zero attached hydrogens (tertiary/aromatic N) is 2. The van der Waals surface area contributed by atoms with E-state index in [2.05, 4.69) is 30.9 Å². The fourth-order valence-electron chi connectivity index (χ4n) is 1.94. The van der Waals surface area contributed by atoms with E-state index in [1.807, 2.05) is 37.3 Å². The average Bonchev–Trinajstić information content (AvgIpc) is 2.88. The monoisotopic (exact) mass is 317 g/mol. The molecule has 1 aromatic carbocycles. The molecule has 19 heavy (non-hydrogen) atoms. The molecule has 1 unspecified atom stereocenters. The second-order valence-corrected chi connectivity index (χ2v) is 5.13. The van der Waals surface area contributed by atoms with Crippen LogP contribution in [-0.4, -0.2) is 15.0 Å². The zero-order valence-corrected chi connectivity index (χ0v) is 11.9. The Morgan fingerprint density at radius 1 is 1.26 bits per heavy atom. The minimum atomic E-state index is -0.129. The van der Waals surface area contributed by atoms with Crippen LogP contribution in [0.15, 0.2) is 47.3 Å². The van der Waals surface area contributed by atoms with E-state index in [0.717, 1.165) is 26.9 Å². The van der Waals surface area contributed by atoms with Gasteiger partial charge in [-0.2, -0.15) is 0 Å². The fourth-order valence-corrected chi connectivity index (χ4v) is 2.38. The lowest BCUT2D eigenvalue weighted by Gasteiger charge is -2.14. The Morgan fingerprint density at radius 3 is 2.95 bits per heavy atom. The molecule has 3 rings (SSSR count). The van der Waals surface area contributed by atoms with Gasteiger partial charge in [0.2, 0.25) is 0 Å². The molecule has 96 valence electrons. The van der Waals surface area contributed by atoms with E-state index < -0.39 is 0 Å². The van der Waals surface area contributed by atoms with Crippen molar-refractivity contribution in [1.29, 1.82) is 0 Å². The van der Waals surface area contributed by atoms with Crippen molar-refractivity contribution in [2.45, 2.75) is 13.0 Å². The summed E-state index contributed by atoms with van der Waals surface area (Å²) in [7, 11) is 0. The van der Waals surface area contributed by atoms with Gasteiger partial charge in [-0.15, -0.1) is 0 Å². The molecule has 0 aliphatic carbocycles. The number of hydrogen-bond donors (Lipinski definition) is 1. The highest BCUT2D eigenvalue weighted by molar-refractivity contribution is 9.10. The maximum atomic E-state index is 5.98. The van der Waals surface area contributed by atoms with Gasteiger partial charge in [-0.3, -0.25) is 4.98 Å². The predicted octanol–water partition coefficient (Wildman–Crippen LogP) is 3.86. The Kier molecular flexibility index (Phi) is 3.21. The summed E-state index contributed by atoms with van der Waals surface area (Å²) >= 11 is 3.47. The van der Waals surface area contributed by atoms with Crippen molar-refractivity contribution in [1.82, 2.24) is 15.0 Å². The standard InChI is InChI=1S/C14H12BrN3O/c1-9(11-4-2-3-5-16-11)19-13-7-10(15)6-12-14(13)18-8-17-12/h2-9H,1H3,(H,17,18). The summed E-state index contributed by atoms with van der Waals surface area (Å²) in [5, 5.41) is 0. The lowest BCUT2D eigenvalue weighted by Crippen LogP contribution is -2.05. The number of H-pyrrole nitrogens is 1. The first kappa shape index (κ1) is 12.2. The largest absolute Gasteiger partial charge is 0.482 e. The van der Waals surface area contributed by atoms with Gasteiger partial charge in [0.25, 0.3) is 0 Å². The summed E-state index contributed by atoms with van der Waals surface area (Å²) in [6.45, 7) is 1.97. The molecule has 0 saturated carbocycles. The molecule has 3 aromatic rings. The van der Waals surface area contributed by atoms with Crippen LogP contribution >= 0.6 is 15.9 Å². The molecule has 0 amide bonds. The quantitative estimate of drug-likeness (QED) is 0.798. The Bertz CT molecular complexity index is 696. The highest BCUT2D eigenvalue weighted by Gasteiger charge is 2.12. The highest BCUT2D eigenvalue weighted by Crippen LogP contribution is 2.30. The van der Waals surface area contributed by atoms with Crippen LogP contribution in [0.1, 0.15) is 18.7 Å². The van der Waals surface area contributed by atoms with Crippen molar-refractivity contribution in [2.75, 3.05) is 0 Å². The number of fused-ring (bicyclic) bond motifs is 1. The van der Waals surface area contributed by atoms with Crippen molar-refractivity contribution < 1.29 is 4.74 Å². The van der Waals surface area contributed by atoms with Crippen molar-refractivity contribution in [3.05, 3.63) is 53.0 Å². The number of hydrogen-bond acceptors (Lipinski definition) is 3. The summed E-state index contributed by atoms with van der Waals surface area (Å²) in [5.74, 6) is 0.740. The first-order valence-corrected chi connectivity index (χ1v) is 6.73. The summed E-state index contributed by atoms with van der Waals surface area (Å²) in [5.41, 5.74) is 2.66. The van der Waals surface area contributed by atoms with Gasteiger partial charge in [0.15, 0.2) is 0 Å². The number of ether oxygens (including phenoxy) is 1. The van der Waals surface area contributed by atoms with Gasteiger partial charge in [0, 0.05) is 10.7 Å². The van der Waals surface area contributed by atoms with Crippen molar-refractivity contribution in [3.8, 4) is 5.75 Å². The zero-order valence-electron chi connectivity index (χ0n) is 10.3. The van der Waals surface area contributed by atoms with Gasteiger partial charge < -0.3 is 9.72 Å². The fraction of sp³-hybridized carbons (Fsp3) is 0.143. The van der Waals surface area contributed by atoms with Crippen LogP contribution < -0.4 is 4.74 Å². The molecule has 1 N–H and O–H groups in total. The van der Waals surface area contributed by atoms with Crippen LogP contribution in [0.5, 0.6) is 5.75 Å². The second-order valence-electron chi connectivity index (χ2n) is 4.22. The molecular weight excluding hydrogens is 306 g/mol. The van der Waals surface area contributed by atoms with E-state index in [9.17, 15) is 0 Å². The number of pyridine rings is 1. The molecule has 2 heterocycles. The maximum Gasteiger partial charge on any atom is 0.149 e. The lowest BCUT2D eigenvalue weighted by atomic mass is 10.2. The molecule has 5 heteroatoms. The predicted molar refractivity (Wildman–Crippen MR) is 77.1 cm³/mol. The molecule has 0 spiro atoms. The van der Waals surface area contributed by atoms with Crippen molar-refractivity contribution in [3.63, 3.8) is 0 Å². The lowest BCUT2D eigenvalue weighted by molar-refractivity contribution is 0.224. The first-order chi connectivity index (χ1) is 9.24. The van der Waals surface area contributed by atoms with Crippen molar-refractivity contribution >= 4 is 27.0 Å². The third kappa shape index (κ3) is 2.46. The molecule has 0 fully saturated rings. The Morgan fingerprint density at radius 2 is 2.16 bits per heavy atom. The third-order valence-electron chi connectivity index (χ3n) is 2.86. The van der Waals surface area contributed by atoms with Gasteiger partial charge in [0.05, 0.1) is 17.5 Å². The normalized spacial score (nSPS) is 12.5. The van der Waals surface area contributed by atoms with Gasteiger partial charge in [-0.25, -0.2) is 4.98 Å². The minimum absolute atomic E-state index is 0.129. The topological polar surface area (TPSA) is 50.8 Å². The molecule has 0 aliphatic rings. The average molecular weight is 318 g/mol. The molecule has 0 radical (unpaired) electrons. The van der Waals surface area contributed by atoms with Gasteiger partial charge in [-0.05, 0) is 31.2 Å². The third-order valence-corrected chi connectivity index (χ3v) is 3.32. The van der Waals surface area contributed by atoms with Crippen LogP contribution in [0.4, 0.5) is 0 Å². The number of aromatic nitrogens is 3. The number of halogens is 1. The summed E-state index contributed by atoms with van der Waals surface area (Å²) in [4.78, 5) is 11.7. The molecule has 0 bridgehead atoms.